The zero-order valence-corrected chi connectivity index (χ0v) is 14.5. The van der Waals surface area contributed by atoms with Gasteiger partial charge in [0.05, 0.1) is 6.20 Å². The van der Waals surface area contributed by atoms with Crippen LogP contribution in [0.25, 0.3) is 0 Å². The molecule has 0 saturated carbocycles. The van der Waals surface area contributed by atoms with Gasteiger partial charge in [0.2, 0.25) is 5.06 Å². The number of piperidine rings is 3. The van der Waals surface area contributed by atoms with E-state index in [-0.39, 0.29) is 11.9 Å². The molecule has 1 aromatic heterocycles. The molecule has 5 nitrogen and oxygen atoms in total. The number of thiazole rings is 1. The lowest BCUT2D eigenvalue weighted by molar-refractivity contribution is 0.0620. The molecule has 3 saturated heterocycles. The zero-order valence-electron chi connectivity index (χ0n) is 13.7. The van der Waals surface area contributed by atoms with E-state index in [4.69, 9.17) is 4.74 Å². The molecule has 0 aliphatic carbocycles. The second-order valence-corrected chi connectivity index (χ2v) is 7.61. The summed E-state index contributed by atoms with van der Waals surface area (Å²) in [5.41, 5.74) is 1.18. The van der Waals surface area contributed by atoms with Crippen molar-refractivity contribution in [3.63, 3.8) is 0 Å². The first kappa shape index (κ1) is 15.6. The minimum absolute atomic E-state index is 0.0856. The number of aromatic nitrogens is 1. The summed E-state index contributed by atoms with van der Waals surface area (Å²) in [6.07, 6.45) is 3.99. The quantitative estimate of drug-likeness (QED) is 0.927. The summed E-state index contributed by atoms with van der Waals surface area (Å²) in [5, 5.41) is 4.27. The molecule has 3 aliphatic heterocycles. The van der Waals surface area contributed by atoms with E-state index in [1.165, 1.54) is 42.8 Å². The summed E-state index contributed by atoms with van der Waals surface area (Å²) in [6.45, 7) is 5.34. The van der Waals surface area contributed by atoms with Gasteiger partial charge in [-0.3, -0.25) is 4.79 Å². The predicted molar refractivity (Wildman–Crippen MR) is 93.8 cm³/mol. The van der Waals surface area contributed by atoms with Gasteiger partial charge in [-0.15, -0.1) is 0 Å². The van der Waals surface area contributed by atoms with Crippen molar-refractivity contribution in [2.75, 3.05) is 19.6 Å². The van der Waals surface area contributed by atoms with Crippen LogP contribution in [0.15, 0.2) is 30.5 Å². The molecule has 6 heteroatoms. The van der Waals surface area contributed by atoms with Crippen molar-refractivity contribution in [2.45, 2.75) is 25.8 Å². The van der Waals surface area contributed by atoms with E-state index in [2.05, 4.69) is 15.2 Å². The number of carbonyl (C=O) groups excluding carboxylic acids is 1. The van der Waals surface area contributed by atoms with Crippen molar-refractivity contribution in [3.8, 4) is 10.8 Å². The molecule has 4 heterocycles. The van der Waals surface area contributed by atoms with Crippen LogP contribution in [0, 0.1) is 12.8 Å². The molecule has 0 spiro atoms. The summed E-state index contributed by atoms with van der Waals surface area (Å²) in [7, 11) is 0. The maximum absolute atomic E-state index is 12.5. The number of fused-ring (bicyclic) bond motifs is 3. The van der Waals surface area contributed by atoms with Gasteiger partial charge in [-0.1, -0.05) is 29.0 Å². The smallest absolute Gasteiger partial charge is 0.280 e. The average Bonchev–Trinajstić information content (AvgIpc) is 3.07. The van der Waals surface area contributed by atoms with E-state index in [1.807, 2.05) is 31.2 Å². The number of aryl methyl sites for hydroxylation is 1. The highest BCUT2D eigenvalue weighted by Gasteiger charge is 2.35. The fourth-order valence-corrected chi connectivity index (χ4v) is 4.18. The first-order valence-electron chi connectivity index (χ1n) is 8.41. The fourth-order valence-electron chi connectivity index (χ4n) is 3.49. The standard InChI is InChI=1S/C18H21N3O2S/c1-12-2-4-14(5-3-12)23-16-10-19-18(24-16)17(22)20-15-11-21-8-6-13(15)7-9-21/h2-5,10,13,15H,6-9,11H2,1H3,(H,20,22)/t15-/m0/s1. The van der Waals surface area contributed by atoms with Crippen molar-refractivity contribution < 1.29 is 9.53 Å². The topological polar surface area (TPSA) is 54.5 Å². The zero-order chi connectivity index (χ0) is 16.5. The summed E-state index contributed by atoms with van der Waals surface area (Å²) in [6, 6.07) is 8.09. The average molecular weight is 343 g/mol. The molecule has 0 unspecified atom stereocenters. The fraction of sp³-hybridized carbons (Fsp3) is 0.444. The Kier molecular flexibility index (Phi) is 4.24. The van der Waals surface area contributed by atoms with E-state index in [1.54, 1.807) is 6.20 Å². The van der Waals surface area contributed by atoms with Gasteiger partial charge in [0.15, 0.2) is 5.01 Å². The van der Waals surface area contributed by atoms with Crippen LogP contribution in [0.2, 0.25) is 0 Å². The Bertz CT molecular complexity index is 720. The van der Waals surface area contributed by atoms with Gasteiger partial charge < -0.3 is 15.0 Å². The van der Waals surface area contributed by atoms with Crippen LogP contribution in [0.3, 0.4) is 0 Å². The maximum Gasteiger partial charge on any atom is 0.280 e. The Hall–Kier alpha value is -1.92. The molecule has 24 heavy (non-hydrogen) atoms. The predicted octanol–water partition coefficient (Wildman–Crippen LogP) is 3.07. The molecular formula is C18H21N3O2S. The Balaban J connectivity index is 1.39. The molecule has 3 fully saturated rings. The monoisotopic (exact) mass is 343 g/mol. The molecule has 0 radical (unpaired) electrons. The number of nitrogens with zero attached hydrogens (tertiary/aromatic N) is 2. The van der Waals surface area contributed by atoms with Crippen molar-refractivity contribution in [1.82, 2.24) is 15.2 Å². The van der Waals surface area contributed by atoms with Gasteiger partial charge in [0, 0.05) is 12.6 Å². The normalized spacial score (nSPS) is 25.5. The lowest BCUT2D eigenvalue weighted by atomic mass is 9.84. The highest BCUT2D eigenvalue weighted by molar-refractivity contribution is 7.15. The third-order valence-electron chi connectivity index (χ3n) is 4.89. The lowest BCUT2D eigenvalue weighted by Gasteiger charge is -2.44. The van der Waals surface area contributed by atoms with E-state index >= 15 is 0 Å². The van der Waals surface area contributed by atoms with E-state index in [0.717, 1.165) is 12.3 Å². The van der Waals surface area contributed by atoms with Crippen LogP contribution in [0.1, 0.15) is 28.2 Å². The number of benzene rings is 1. The second kappa shape index (κ2) is 6.53. The van der Waals surface area contributed by atoms with Gasteiger partial charge >= 0.3 is 0 Å². The molecular weight excluding hydrogens is 322 g/mol. The van der Waals surface area contributed by atoms with Crippen LogP contribution in [0.4, 0.5) is 0 Å². The summed E-state index contributed by atoms with van der Waals surface area (Å²) < 4.78 is 5.77. The number of ether oxygens (including phenoxy) is 1. The number of rotatable bonds is 4. The molecule has 2 bridgehead atoms. The van der Waals surface area contributed by atoms with Crippen LogP contribution in [-0.4, -0.2) is 41.5 Å². The number of amides is 1. The van der Waals surface area contributed by atoms with Crippen molar-refractivity contribution >= 4 is 17.2 Å². The van der Waals surface area contributed by atoms with Crippen molar-refractivity contribution in [2.24, 2.45) is 5.92 Å². The van der Waals surface area contributed by atoms with Gasteiger partial charge in [-0.05, 0) is 50.9 Å². The van der Waals surface area contributed by atoms with Gasteiger partial charge in [0.25, 0.3) is 5.91 Å². The Labute approximate surface area is 145 Å². The van der Waals surface area contributed by atoms with Gasteiger partial charge in [0.1, 0.15) is 5.75 Å². The van der Waals surface area contributed by atoms with E-state index in [0.29, 0.717) is 16.0 Å². The molecule has 5 rings (SSSR count). The molecule has 1 atom stereocenters. The van der Waals surface area contributed by atoms with Crippen molar-refractivity contribution in [3.05, 3.63) is 41.0 Å². The van der Waals surface area contributed by atoms with Crippen molar-refractivity contribution in [1.29, 1.82) is 0 Å². The minimum atomic E-state index is -0.0856. The summed E-state index contributed by atoms with van der Waals surface area (Å²) in [5.74, 6) is 1.29. The van der Waals surface area contributed by atoms with Crippen LogP contribution in [0.5, 0.6) is 10.8 Å². The molecule has 1 amide bonds. The third kappa shape index (κ3) is 3.30. The maximum atomic E-state index is 12.5. The van der Waals surface area contributed by atoms with E-state index < -0.39 is 0 Å². The first-order valence-corrected chi connectivity index (χ1v) is 9.22. The molecule has 126 valence electrons. The number of nitrogens with one attached hydrogen (secondary N) is 1. The lowest BCUT2D eigenvalue weighted by Crippen LogP contribution is -2.57. The summed E-state index contributed by atoms with van der Waals surface area (Å²) >= 11 is 1.29. The first-order chi connectivity index (χ1) is 11.7. The Morgan fingerprint density at radius 1 is 1.29 bits per heavy atom. The van der Waals surface area contributed by atoms with Crippen LogP contribution in [-0.2, 0) is 0 Å². The Morgan fingerprint density at radius 2 is 2.04 bits per heavy atom. The molecule has 2 aromatic rings. The van der Waals surface area contributed by atoms with Gasteiger partial charge in [-0.25, -0.2) is 4.98 Å². The Morgan fingerprint density at radius 3 is 2.71 bits per heavy atom. The number of carbonyl (C=O) groups is 1. The molecule has 1 aromatic carbocycles. The van der Waals surface area contributed by atoms with E-state index in [9.17, 15) is 4.79 Å². The highest BCUT2D eigenvalue weighted by Crippen LogP contribution is 2.30. The third-order valence-corrected chi connectivity index (χ3v) is 5.76. The second-order valence-electron chi connectivity index (χ2n) is 6.62. The largest absolute Gasteiger partial charge is 0.445 e. The molecule has 3 aliphatic rings. The summed E-state index contributed by atoms with van der Waals surface area (Å²) in [4.78, 5) is 19.1. The van der Waals surface area contributed by atoms with Crippen LogP contribution < -0.4 is 10.1 Å². The SMILES string of the molecule is Cc1ccc(Oc2cnc(C(=O)N[C@H]3CN4CCC3CC4)s2)cc1. The van der Waals surface area contributed by atoms with Crippen LogP contribution >= 0.6 is 11.3 Å². The highest BCUT2D eigenvalue weighted by atomic mass is 32.1. The minimum Gasteiger partial charge on any atom is -0.445 e. The number of hydrogen-bond donors (Lipinski definition) is 1. The van der Waals surface area contributed by atoms with Gasteiger partial charge in [-0.2, -0.15) is 0 Å². The molecule has 1 N–H and O–H groups in total. The number of hydrogen-bond acceptors (Lipinski definition) is 5.